The summed E-state index contributed by atoms with van der Waals surface area (Å²) in [6, 6.07) is 0. The first-order valence-electron chi connectivity index (χ1n) is 8.34. The van der Waals surface area contributed by atoms with Crippen LogP contribution >= 0.6 is 10.3 Å². The van der Waals surface area contributed by atoms with Gasteiger partial charge in [-0.15, -0.1) is 10.3 Å². The van der Waals surface area contributed by atoms with Gasteiger partial charge in [0.25, 0.3) is 0 Å². The first-order chi connectivity index (χ1) is 11.7. The summed E-state index contributed by atoms with van der Waals surface area (Å²) in [6.07, 6.45) is 12.6. The van der Waals surface area contributed by atoms with Crippen molar-refractivity contribution >= 4 is 20.4 Å². The lowest BCUT2D eigenvalue weighted by Crippen LogP contribution is -2.27. The SMILES string of the molecule is CC(C)=CCCC(C)=CCCC(C)=CCS(C)(C)OS(=O)(=O)C(F)(F)F. The van der Waals surface area contributed by atoms with Crippen LogP contribution in [0.15, 0.2) is 34.9 Å². The monoisotopic (exact) mass is 416 g/mol. The highest BCUT2D eigenvalue weighted by Crippen LogP contribution is 2.46. The molecule has 0 saturated carbocycles. The smallest absolute Gasteiger partial charge is 0.213 e. The second kappa shape index (κ2) is 10.6. The van der Waals surface area contributed by atoms with E-state index in [0.29, 0.717) is 0 Å². The topological polar surface area (TPSA) is 43.4 Å². The number of alkyl halides is 3. The summed E-state index contributed by atoms with van der Waals surface area (Å²) >= 11 is 0. The van der Waals surface area contributed by atoms with Gasteiger partial charge in [-0.3, -0.25) is 0 Å². The molecule has 0 aliphatic heterocycles. The van der Waals surface area contributed by atoms with E-state index in [1.807, 2.05) is 6.92 Å². The largest absolute Gasteiger partial charge is 0.523 e. The molecule has 0 rings (SSSR count). The second-order valence-corrected chi connectivity index (χ2v) is 12.2. The minimum atomic E-state index is -5.55. The summed E-state index contributed by atoms with van der Waals surface area (Å²) in [5, 5.41) is 0. The number of hydrogen-bond donors (Lipinski definition) is 0. The van der Waals surface area contributed by atoms with Gasteiger partial charge in [-0.2, -0.15) is 21.6 Å². The number of hydrogen-bond acceptors (Lipinski definition) is 3. The summed E-state index contributed by atoms with van der Waals surface area (Å²) in [5.74, 6) is 0.164. The zero-order chi connectivity index (χ0) is 20.6. The minimum Gasteiger partial charge on any atom is -0.213 e. The Morgan fingerprint density at radius 2 is 1.35 bits per heavy atom. The molecule has 0 bridgehead atoms. The summed E-state index contributed by atoms with van der Waals surface area (Å²) in [4.78, 5) is 0. The average Bonchev–Trinajstić information content (AvgIpc) is 2.42. The molecule has 0 aromatic rings. The zero-order valence-corrected chi connectivity index (χ0v) is 18.1. The summed E-state index contributed by atoms with van der Waals surface area (Å²) < 4.78 is 63.9. The van der Waals surface area contributed by atoms with E-state index in [1.54, 1.807) is 6.08 Å². The predicted octanol–water partition coefficient (Wildman–Crippen LogP) is 6.25. The van der Waals surface area contributed by atoms with Crippen molar-refractivity contribution in [1.82, 2.24) is 0 Å². The molecule has 0 N–H and O–H groups in total. The lowest BCUT2D eigenvalue weighted by atomic mass is 10.1. The van der Waals surface area contributed by atoms with Crippen molar-refractivity contribution < 1.29 is 25.2 Å². The van der Waals surface area contributed by atoms with Crippen molar-refractivity contribution in [3.8, 4) is 0 Å². The summed E-state index contributed by atoms with van der Waals surface area (Å²) in [5.41, 5.74) is -1.77. The van der Waals surface area contributed by atoms with E-state index in [0.717, 1.165) is 31.3 Å². The van der Waals surface area contributed by atoms with Gasteiger partial charge in [-0.25, -0.2) is 3.63 Å². The van der Waals surface area contributed by atoms with Crippen LogP contribution in [0.1, 0.15) is 53.4 Å². The molecule has 0 aromatic heterocycles. The van der Waals surface area contributed by atoms with Crippen LogP contribution in [0.25, 0.3) is 0 Å². The lowest BCUT2D eigenvalue weighted by Gasteiger charge is -2.29. The highest BCUT2D eigenvalue weighted by molar-refractivity contribution is 8.32. The molecular weight excluding hydrogens is 385 g/mol. The molecule has 0 heterocycles. The van der Waals surface area contributed by atoms with Crippen molar-refractivity contribution in [2.45, 2.75) is 58.9 Å². The fourth-order valence-corrected chi connectivity index (χ4v) is 5.15. The fraction of sp³-hybridized carbons (Fsp3) is 0.667. The van der Waals surface area contributed by atoms with E-state index in [9.17, 15) is 21.6 Å². The standard InChI is InChI=1S/C18H31F3O3S2/c1-15(2)9-7-10-16(3)11-8-12-17(4)13-14-25(5,6)24-26(22,23)18(19,20)21/h9,11,13H,7-8,10,12,14H2,1-6H3. The van der Waals surface area contributed by atoms with Crippen molar-refractivity contribution in [1.29, 1.82) is 0 Å². The summed E-state index contributed by atoms with van der Waals surface area (Å²) in [6.45, 7) is 8.11. The molecule has 0 fully saturated rings. The van der Waals surface area contributed by atoms with Gasteiger partial charge in [0.05, 0.1) is 0 Å². The van der Waals surface area contributed by atoms with Crippen LogP contribution in [0.5, 0.6) is 0 Å². The molecule has 26 heavy (non-hydrogen) atoms. The van der Waals surface area contributed by atoms with Gasteiger partial charge in [0.15, 0.2) is 0 Å². The van der Waals surface area contributed by atoms with Crippen LogP contribution in [0.4, 0.5) is 13.2 Å². The van der Waals surface area contributed by atoms with Crippen LogP contribution in [-0.2, 0) is 13.7 Å². The Kier molecular flexibility index (Phi) is 10.3. The quantitative estimate of drug-likeness (QED) is 0.312. The van der Waals surface area contributed by atoms with Gasteiger partial charge in [-0.05, 0) is 65.9 Å². The molecule has 0 spiro atoms. The molecule has 0 aromatic carbocycles. The van der Waals surface area contributed by atoms with Gasteiger partial charge in [0, 0.05) is 5.75 Å². The Bertz CT molecular complexity index is 639. The summed E-state index contributed by atoms with van der Waals surface area (Å²) in [7, 11) is -7.94. The van der Waals surface area contributed by atoms with E-state index >= 15 is 0 Å². The van der Waals surface area contributed by atoms with Crippen LogP contribution in [0, 0.1) is 0 Å². The van der Waals surface area contributed by atoms with Crippen LogP contribution in [0.2, 0.25) is 0 Å². The third-order valence-electron chi connectivity index (χ3n) is 3.51. The Balaban J connectivity index is 4.54. The van der Waals surface area contributed by atoms with Gasteiger partial charge < -0.3 is 0 Å². The van der Waals surface area contributed by atoms with Crippen molar-refractivity contribution in [3.63, 3.8) is 0 Å². The third-order valence-corrected chi connectivity index (χ3v) is 7.24. The van der Waals surface area contributed by atoms with Crippen LogP contribution < -0.4 is 0 Å². The average molecular weight is 417 g/mol. The highest BCUT2D eigenvalue weighted by Gasteiger charge is 2.49. The van der Waals surface area contributed by atoms with Crippen molar-refractivity contribution in [3.05, 3.63) is 34.9 Å². The van der Waals surface area contributed by atoms with Gasteiger partial charge in [0.1, 0.15) is 0 Å². The molecule has 0 atom stereocenters. The van der Waals surface area contributed by atoms with Crippen LogP contribution in [-0.4, -0.2) is 32.2 Å². The predicted molar refractivity (Wildman–Crippen MR) is 106 cm³/mol. The van der Waals surface area contributed by atoms with Gasteiger partial charge in [-0.1, -0.05) is 34.9 Å². The number of rotatable bonds is 10. The number of allylic oxidation sites excluding steroid dienone is 5. The van der Waals surface area contributed by atoms with Gasteiger partial charge in [0.2, 0.25) is 0 Å². The Labute approximate surface area is 158 Å². The second-order valence-electron chi connectivity index (χ2n) is 7.03. The third kappa shape index (κ3) is 11.1. The molecule has 0 aliphatic carbocycles. The van der Waals surface area contributed by atoms with E-state index < -0.39 is 25.9 Å². The molecular formula is C18H31F3O3S2. The molecule has 0 amide bonds. The fourth-order valence-electron chi connectivity index (χ4n) is 1.99. The molecule has 8 heteroatoms. The normalized spacial score (nSPS) is 15.1. The highest BCUT2D eigenvalue weighted by atomic mass is 32.3. The van der Waals surface area contributed by atoms with Crippen molar-refractivity contribution in [2.75, 3.05) is 18.3 Å². The van der Waals surface area contributed by atoms with E-state index in [2.05, 4.69) is 36.6 Å². The van der Waals surface area contributed by atoms with E-state index in [-0.39, 0.29) is 5.75 Å². The molecule has 0 saturated heterocycles. The van der Waals surface area contributed by atoms with E-state index in [4.69, 9.17) is 0 Å². The lowest BCUT2D eigenvalue weighted by molar-refractivity contribution is -0.0495. The number of halogens is 3. The molecule has 0 unspecified atom stereocenters. The van der Waals surface area contributed by atoms with Gasteiger partial charge >= 0.3 is 15.6 Å². The Hall–Kier alpha value is -0.730. The zero-order valence-electron chi connectivity index (χ0n) is 16.4. The molecule has 0 aliphatic rings. The first-order valence-corrected chi connectivity index (χ1v) is 12.3. The van der Waals surface area contributed by atoms with E-state index in [1.165, 1.54) is 23.7 Å². The minimum absolute atomic E-state index is 0.164. The molecule has 0 radical (unpaired) electrons. The molecule has 3 nitrogen and oxygen atoms in total. The Morgan fingerprint density at radius 1 is 0.885 bits per heavy atom. The van der Waals surface area contributed by atoms with Crippen LogP contribution in [0.3, 0.4) is 0 Å². The first kappa shape index (κ1) is 25.3. The molecule has 154 valence electrons. The van der Waals surface area contributed by atoms with Crippen molar-refractivity contribution in [2.24, 2.45) is 0 Å². The maximum atomic E-state index is 12.4. The maximum absolute atomic E-state index is 12.4. The Morgan fingerprint density at radius 3 is 1.81 bits per heavy atom. The maximum Gasteiger partial charge on any atom is 0.523 e.